The fraction of sp³-hybridized carbons (Fsp3) is 0.571. The summed E-state index contributed by atoms with van der Waals surface area (Å²) in [4.78, 5) is 4.13. The first kappa shape index (κ1) is 7.28. The van der Waals surface area contributed by atoms with Gasteiger partial charge in [-0.05, 0) is 19.9 Å². The Morgan fingerprint density at radius 3 is 3.00 bits per heavy atom. The molecule has 0 spiro atoms. The normalized spacial score (nSPS) is 10.2. The van der Waals surface area contributed by atoms with Crippen molar-refractivity contribution in [3.05, 3.63) is 17.8 Å². The number of hydrogen-bond acceptors (Lipinski definition) is 3. The van der Waals surface area contributed by atoms with Crippen molar-refractivity contribution in [2.24, 2.45) is 5.73 Å². The summed E-state index contributed by atoms with van der Waals surface area (Å²) in [6.07, 6.45) is 3.45. The van der Waals surface area contributed by atoms with Crippen molar-refractivity contribution in [3.63, 3.8) is 0 Å². The van der Waals surface area contributed by atoms with Crippen LogP contribution in [-0.4, -0.2) is 11.5 Å². The summed E-state index contributed by atoms with van der Waals surface area (Å²) in [6, 6.07) is 0. The van der Waals surface area contributed by atoms with Crippen LogP contribution in [0.3, 0.4) is 0 Å². The molecule has 0 aliphatic carbocycles. The molecule has 1 aromatic heterocycles. The lowest BCUT2D eigenvalue weighted by Crippen LogP contribution is -2.00. The maximum absolute atomic E-state index is 5.31. The third-order valence-electron chi connectivity index (χ3n) is 1.26. The number of hydrogen-bond donors (Lipinski definition) is 1. The second kappa shape index (κ2) is 3.37. The van der Waals surface area contributed by atoms with E-state index in [2.05, 4.69) is 4.98 Å². The number of aromatic nitrogens is 1. The lowest BCUT2D eigenvalue weighted by molar-refractivity contribution is 0.488. The van der Waals surface area contributed by atoms with Crippen LogP contribution in [-0.2, 0) is 6.42 Å². The van der Waals surface area contributed by atoms with E-state index < -0.39 is 0 Å². The molecule has 0 aliphatic rings. The summed E-state index contributed by atoms with van der Waals surface area (Å²) in [5.74, 6) is 0.794. The molecular weight excluding hydrogens is 128 g/mol. The highest BCUT2D eigenvalue weighted by Crippen LogP contribution is 2.01. The van der Waals surface area contributed by atoms with Crippen LogP contribution in [0.15, 0.2) is 10.7 Å². The van der Waals surface area contributed by atoms with E-state index in [-0.39, 0.29) is 0 Å². The summed E-state index contributed by atoms with van der Waals surface area (Å²) in [5.41, 5.74) is 6.25. The zero-order valence-electron chi connectivity index (χ0n) is 6.13. The molecule has 1 aromatic rings. The third-order valence-corrected chi connectivity index (χ3v) is 1.26. The van der Waals surface area contributed by atoms with E-state index >= 15 is 0 Å². The number of nitrogens with two attached hydrogens (primary N) is 1. The molecule has 0 radical (unpaired) electrons. The lowest BCUT2D eigenvalue weighted by atomic mass is 10.3. The second-order valence-electron chi connectivity index (χ2n) is 2.27. The molecule has 2 N–H and O–H groups in total. The van der Waals surface area contributed by atoms with Crippen molar-refractivity contribution >= 4 is 0 Å². The van der Waals surface area contributed by atoms with Gasteiger partial charge in [0.05, 0.1) is 5.69 Å². The predicted molar refractivity (Wildman–Crippen MR) is 38.6 cm³/mol. The fourth-order valence-electron chi connectivity index (χ4n) is 0.771. The van der Waals surface area contributed by atoms with E-state index in [1.54, 1.807) is 6.26 Å². The van der Waals surface area contributed by atoms with Gasteiger partial charge in [-0.3, -0.25) is 0 Å². The van der Waals surface area contributed by atoms with Gasteiger partial charge in [0.2, 0.25) is 0 Å². The summed E-state index contributed by atoms with van der Waals surface area (Å²) >= 11 is 0. The average molecular weight is 140 g/mol. The van der Waals surface area contributed by atoms with Crippen molar-refractivity contribution in [3.8, 4) is 0 Å². The maximum Gasteiger partial charge on any atom is 0.194 e. The molecule has 0 aliphatic heterocycles. The van der Waals surface area contributed by atoms with Crippen LogP contribution >= 0.6 is 0 Å². The first-order valence-electron chi connectivity index (χ1n) is 3.44. The highest BCUT2D eigenvalue weighted by atomic mass is 16.3. The highest BCUT2D eigenvalue weighted by Gasteiger charge is 1.97. The molecule has 1 rings (SSSR count). The Morgan fingerprint density at radius 1 is 1.70 bits per heavy atom. The van der Waals surface area contributed by atoms with Crippen molar-refractivity contribution in [2.75, 3.05) is 6.54 Å². The Bertz CT molecular complexity index is 195. The van der Waals surface area contributed by atoms with Gasteiger partial charge in [-0.2, -0.15) is 0 Å². The Morgan fingerprint density at radius 2 is 2.50 bits per heavy atom. The van der Waals surface area contributed by atoms with Crippen molar-refractivity contribution < 1.29 is 4.42 Å². The Labute approximate surface area is 60.2 Å². The van der Waals surface area contributed by atoms with Gasteiger partial charge < -0.3 is 10.2 Å². The molecule has 0 amide bonds. The lowest BCUT2D eigenvalue weighted by Gasteiger charge is -1.89. The van der Waals surface area contributed by atoms with Gasteiger partial charge in [-0.1, -0.05) is 0 Å². The molecule has 0 atom stereocenters. The number of oxazole rings is 1. The maximum atomic E-state index is 5.31. The molecule has 0 saturated heterocycles. The smallest absolute Gasteiger partial charge is 0.194 e. The molecule has 3 heteroatoms. The molecule has 0 bridgehead atoms. The molecule has 0 fully saturated rings. The largest absolute Gasteiger partial charge is 0.449 e. The van der Waals surface area contributed by atoms with Crippen LogP contribution in [0.1, 0.15) is 18.0 Å². The zero-order valence-corrected chi connectivity index (χ0v) is 6.13. The standard InChI is InChI=1S/C7H12N2O/c1-6-5-10-7(9-6)3-2-4-8/h5H,2-4,8H2,1H3. The predicted octanol–water partition coefficient (Wildman–Crippen LogP) is 0.874. The van der Waals surface area contributed by atoms with Crippen molar-refractivity contribution in [2.45, 2.75) is 19.8 Å². The SMILES string of the molecule is Cc1coc(CCCN)n1. The molecular formula is C7H12N2O. The molecule has 1 heterocycles. The highest BCUT2D eigenvalue weighted by molar-refractivity contribution is 4.92. The van der Waals surface area contributed by atoms with E-state index in [1.807, 2.05) is 6.92 Å². The first-order valence-corrected chi connectivity index (χ1v) is 3.44. The van der Waals surface area contributed by atoms with Gasteiger partial charge in [0.25, 0.3) is 0 Å². The van der Waals surface area contributed by atoms with Crippen molar-refractivity contribution in [1.29, 1.82) is 0 Å². The van der Waals surface area contributed by atoms with Gasteiger partial charge in [0.1, 0.15) is 6.26 Å². The van der Waals surface area contributed by atoms with E-state index in [4.69, 9.17) is 10.2 Å². The monoisotopic (exact) mass is 140 g/mol. The Hall–Kier alpha value is -0.830. The Balaban J connectivity index is 2.42. The van der Waals surface area contributed by atoms with Gasteiger partial charge >= 0.3 is 0 Å². The number of aryl methyl sites for hydroxylation is 2. The van der Waals surface area contributed by atoms with E-state index in [0.717, 1.165) is 24.4 Å². The molecule has 3 nitrogen and oxygen atoms in total. The topological polar surface area (TPSA) is 52.0 Å². The minimum Gasteiger partial charge on any atom is -0.449 e. The molecule has 56 valence electrons. The van der Waals surface area contributed by atoms with Crippen LogP contribution < -0.4 is 5.73 Å². The van der Waals surface area contributed by atoms with E-state index in [0.29, 0.717) is 6.54 Å². The first-order chi connectivity index (χ1) is 4.83. The third kappa shape index (κ3) is 1.84. The Kier molecular flexibility index (Phi) is 2.45. The second-order valence-corrected chi connectivity index (χ2v) is 2.27. The minimum absolute atomic E-state index is 0.696. The molecule has 0 unspecified atom stereocenters. The van der Waals surface area contributed by atoms with E-state index in [1.165, 1.54) is 0 Å². The van der Waals surface area contributed by atoms with Gasteiger partial charge in [-0.25, -0.2) is 4.98 Å². The molecule has 0 saturated carbocycles. The minimum atomic E-state index is 0.696. The van der Waals surface area contributed by atoms with Gasteiger partial charge in [0, 0.05) is 6.42 Å². The van der Waals surface area contributed by atoms with Gasteiger partial charge in [-0.15, -0.1) is 0 Å². The van der Waals surface area contributed by atoms with Crippen molar-refractivity contribution in [1.82, 2.24) is 4.98 Å². The van der Waals surface area contributed by atoms with Gasteiger partial charge in [0.15, 0.2) is 5.89 Å². The average Bonchev–Trinajstić information content (AvgIpc) is 2.31. The van der Waals surface area contributed by atoms with Crippen LogP contribution in [0.25, 0.3) is 0 Å². The van der Waals surface area contributed by atoms with E-state index in [9.17, 15) is 0 Å². The summed E-state index contributed by atoms with van der Waals surface area (Å²) in [7, 11) is 0. The number of rotatable bonds is 3. The number of nitrogens with zero attached hydrogens (tertiary/aromatic N) is 1. The summed E-state index contributed by atoms with van der Waals surface area (Å²) < 4.78 is 5.10. The fourth-order valence-corrected chi connectivity index (χ4v) is 0.771. The van der Waals surface area contributed by atoms with Crippen LogP contribution in [0, 0.1) is 6.92 Å². The molecule has 10 heavy (non-hydrogen) atoms. The quantitative estimate of drug-likeness (QED) is 0.677. The molecule has 0 aromatic carbocycles. The van der Waals surface area contributed by atoms with Crippen LogP contribution in [0.4, 0.5) is 0 Å². The zero-order chi connectivity index (χ0) is 7.40. The summed E-state index contributed by atoms with van der Waals surface area (Å²) in [5, 5.41) is 0. The van der Waals surface area contributed by atoms with Crippen LogP contribution in [0.5, 0.6) is 0 Å². The van der Waals surface area contributed by atoms with Crippen LogP contribution in [0.2, 0.25) is 0 Å². The summed E-state index contributed by atoms with van der Waals surface area (Å²) in [6.45, 7) is 2.61.